The van der Waals surface area contributed by atoms with Crippen LogP contribution in [0.2, 0.25) is 0 Å². The zero-order chi connectivity index (χ0) is 19.5. The highest BCUT2D eigenvalue weighted by atomic mass is 35.5. The molecule has 2 aliphatic heterocycles. The van der Waals surface area contributed by atoms with E-state index in [1.165, 1.54) is 5.56 Å². The highest BCUT2D eigenvalue weighted by molar-refractivity contribution is 5.85. The number of nitrogens with one attached hydrogen (secondary N) is 1. The summed E-state index contributed by atoms with van der Waals surface area (Å²) in [4.78, 5) is 14.5. The number of hydrogen-bond acceptors (Lipinski definition) is 5. The van der Waals surface area contributed by atoms with Crippen molar-refractivity contribution in [2.45, 2.75) is 52.1 Å². The third kappa shape index (κ3) is 4.90. The van der Waals surface area contributed by atoms with Crippen LogP contribution in [-0.4, -0.2) is 51.8 Å². The van der Waals surface area contributed by atoms with E-state index in [0.717, 1.165) is 68.5 Å². The third-order valence-electron chi connectivity index (χ3n) is 5.78. The van der Waals surface area contributed by atoms with Gasteiger partial charge in [0, 0.05) is 32.1 Å². The van der Waals surface area contributed by atoms with Crippen LogP contribution >= 0.6 is 12.4 Å². The summed E-state index contributed by atoms with van der Waals surface area (Å²) in [6.07, 6.45) is 2.33. The Morgan fingerprint density at radius 3 is 2.79 bits per heavy atom. The molecule has 7 nitrogen and oxygen atoms in total. The summed E-state index contributed by atoms with van der Waals surface area (Å²) >= 11 is 0. The zero-order valence-electron chi connectivity index (χ0n) is 17.2. The number of benzene rings is 1. The molecule has 0 saturated carbocycles. The molecular formula is C21H30ClN5O2. The van der Waals surface area contributed by atoms with Crippen LogP contribution in [0.15, 0.2) is 18.2 Å². The second kappa shape index (κ2) is 9.59. The average molecular weight is 420 g/mol. The second-order valence-corrected chi connectivity index (χ2v) is 7.83. The van der Waals surface area contributed by atoms with Crippen LogP contribution in [0, 0.1) is 13.8 Å². The van der Waals surface area contributed by atoms with Crippen molar-refractivity contribution >= 4 is 18.3 Å². The molecule has 1 aromatic carbocycles. The Kier molecular flexibility index (Phi) is 7.14. The molecule has 1 amide bonds. The molecule has 1 saturated heterocycles. The zero-order valence-corrected chi connectivity index (χ0v) is 18.0. The fourth-order valence-corrected chi connectivity index (χ4v) is 4.07. The van der Waals surface area contributed by atoms with Gasteiger partial charge in [-0.25, -0.2) is 0 Å². The van der Waals surface area contributed by atoms with Crippen LogP contribution in [0.3, 0.4) is 0 Å². The van der Waals surface area contributed by atoms with E-state index in [1.807, 2.05) is 24.8 Å². The van der Waals surface area contributed by atoms with Gasteiger partial charge >= 0.3 is 0 Å². The summed E-state index contributed by atoms with van der Waals surface area (Å²) < 4.78 is 8.11. The van der Waals surface area contributed by atoms with Crippen LogP contribution < -0.4 is 10.1 Å². The number of carbonyl (C=O) groups is 1. The predicted molar refractivity (Wildman–Crippen MR) is 114 cm³/mol. The molecular weight excluding hydrogens is 390 g/mol. The first kappa shape index (κ1) is 21.6. The first-order valence-electron chi connectivity index (χ1n) is 10.2. The summed E-state index contributed by atoms with van der Waals surface area (Å²) in [6.45, 7) is 8.77. The lowest BCUT2D eigenvalue weighted by atomic mass is 9.95. The van der Waals surface area contributed by atoms with Gasteiger partial charge in [-0.2, -0.15) is 0 Å². The molecule has 1 fully saturated rings. The first-order valence-corrected chi connectivity index (χ1v) is 10.2. The van der Waals surface area contributed by atoms with Crippen LogP contribution in [0.5, 0.6) is 5.75 Å². The molecule has 2 aliphatic rings. The minimum absolute atomic E-state index is 0. The van der Waals surface area contributed by atoms with Crippen molar-refractivity contribution in [2.75, 3.05) is 26.2 Å². The minimum atomic E-state index is 0. The van der Waals surface area contributed by atoms with Crippen molar-refractivity contribution in [3.05, 3.63) is 41.0 Å². The molecule has 1 N–H and O–H groups in total. The Labute approximate surface area is 178 Å². The van der Waals surface area contributed by atoms with E-state index < -0.39 is 0 Å². The molecule has 29 heavy (non-hydrogen) atoms. The van der Waals surface area contributed by atoms with Gasteiger partial charge in [-0.1, -0.05) is 12.1 Å². The van der Waals surface area contributed by atoms with Crippen LogP contribution in [-0.2, 0) is 17.9 Å². The van der Waals surface area contributed by atoms with Crippen LogP contribution in [0.1, 0.15) is 48.0 Å². The largest absolute Gasteiger partial charge is 0.493 e. The Balaban J connectivity index is 0.00000240. The van der Waals surface area contributed by atoms with Gasteiger partial charge in [0.15, 0.2) is 0 Å². The number of likely N-dealkylation sites (tertiary alicyclic amines) is 1. The fourth-order valence-electron chi connectivity index (χ4n) is 4.07. The maximum absolute atomic E-state index is 12.6. The molecule has 0 radical (unpaired) electrons. The predicted octanol–water partition coefficient (Wildman–Crippen LogP) is 2.60. The molecule has 0 spiro atoms. The summed E-state index contributed by atoms with van der Waals surface area (Å²) in [6, 6.07) is 6.15. The summed E-state index contributed by atoms with van der Waals surface area (Å²) in [5.41, 5.74) is 2.27. The number of amides is 1. The quantitative estimate of drug-likeness (QED) is 0.806. The average Bonchev–Trinajstić information content (AvgIpc) is 3.15. The Hall–Kier alpha value is -2.12. The maximum Gasteiger partial charge on any atom is 0.225 e. The van der Waals surface area contributed by atoms with Crippen molar-refractivity contribution in [3.8, 4) is 5.75 Å². The van der Waals surface area contributed by atoms with Gasteiger partial charge in [0.1, 0.15) is 17.4 Å². The molecule has 0 unspecified atom stereocenters. The molecule has 1 aromatic heterocycles. The van der Waals surface area contributed by atoms with Crippen molar-refractivity contribution in [1.82, 2.24) is 25.0 Å². The van der Waals surface area contributed by atoms with E-state index in [0.29, 0.717) is 18.9 Å². The third-order valence-corrected chi connectivity index (χ3v) is 5.78. The Bertz CT molecular complexity index is 846. The first-order chi connectivity index (χ1) is 13.6. The number of hydrogen-bond donors (Lipinski definition) is 1. The van der Waals surface area contributed by atoms with E-state index in [-0.39, 0.29) is 18.3 Å². The van der Waals surface area contributed by atoms with Crippen molar-refractivity contribution in [1.29, 1.82) is 0 Å². The number of carbonyl (C=O) groups excluding carboxylic acids is 1. The van der Waals surface area contributed by atoms with Gasteiger partial charge < -0.3 is 19.5 Å². The van der Waals surface area contributed by atoms with Gasteiger partial charge in [0.25, 0.3) is 0 Å². The van der Waals surface area contributed by atoms with E-state index in [2.05, 4.69) is 32.2 Å². The van der Waals surface area contributed by atoms with E-state index in [1.54, 1.807) is 0 Å². The normalized spacial score (nSPS) is 16.8. The smallest absolute Gasteiger partial charge is 0.225 e. The van der Waals surface area contributed by atoms with Gasteiger partial charge in [-0.15, -0.1) is 22.6 Å². The summed E-state index contributed by atoms with van der Waals surface area (Å²) in [7, 11) is 0. The number of rotatable bonds is 5. The fraction of sp³-hybridized carbons (Fsp3) is 0.571. The summed E-state index contributed by atoms with van der Waals surface area (Å²) in [5, 5.41) is 12.1. The number of aromatic nitrogens is 3. The molecule has 3 heterocycles. The van der Waals surface area contributed by atoms with Gasteiger partial charge in [0.2, 0.25) is 5.91 Å². The monoisotopic (exact) mass is 419 g/mol. The SMILES string of the molecule is Cc1ccc(C)c(OCCC(=O)N2CCC(c3nnc4n3CCNC4)CC2)c1.Cl. The van der Waals surface area contributed by atoms with Crippen LogP contribution in [0.25, 0.3) is 0 Å². The highest BCUT2D eigenvalue weighted by Gasteiger charge is 2.28. The number of nitrogens with zero attached hydrogens (tertiary/aromatic N) is 4. The van der Waals surface area contributed by atoms with E-state index in [9.17, 15) is 4.79 Å². The standard InChI is InChI=1S/C21H29N5O2.ClH/c1-15-3-4-16(2)18(13-15)28-12-7-20(27)25-9-5-17(6-10-25)21-24-23-19-14-22-8-11-26(19)21;/h3-4,13,17,22H,5-12,14H2,1-2H3;1H. The molecule has 0 atom stereocenters. The lowest BCUT2D eigenvalue weighted by Crippen LogP contribution is -2.39. The van der Waals surface area contributed by atoms with Crippen molar-refractivity contribution in [3.63, 3.8) is 0 Å². The molecule has 8 heteroatoms. The molecule has 2 aromatic rings. The lowest BCUT2D eigenvalue weighted by molar-refractivity contribution is -0.132. The molecule has 0 aliphatic carbocycles. The molecule has 158 valence electrons. The lowest BCUT2D eigenvalue weighted by Gasteiger charge is -2.32. The number of fused-ring (bicyclic) bond motifs is 1. The highest BCUT2D eigenvalue weighted by Crippen LogP contribution is 2.28. The van der Waals surface area contributed by atoms with E-state index >= 15 is 0 Å². The summed E-state index contributed by atoms with van der Waals surface area (Å²) in [5.74, 6) is 3.58. The number of aryl methyl sites for hydroxylation is 2. The number of piperidine rings is 1. The molecule has 4 rings (SSSR count). The van der Waals surface area contributed by atoms with Gasteiger partial charge in [0.05, 0.1) is 19.6 Å². The maximum atomic E-state index is 12.6. The van der Waals surface area contributed by atoms with Crippen LogP contribution in [0.4, 0.5) is 0 Å². The van der Waals surface area contributed by atoms with Crippen molar-refractivity contribution in [2.24, 2.45) is 0 Å². The second-order valence-electron chi connectivity index (χ2n) is 7.83. The van der Waals surface area contributed by atoms with Gasteiger partial charge in [-0.05, 0) is 43.9 Å². The minimum Gasteiger partial charge on any atom is -0.493 e. The molecule has 0 bridgehead atoms. The Morgan fingerprint density at radius 2 is 2.00 bits per heavy atom. The number of ether oxygens (including phenoxy) is 1. The number of halogens is 1. The topological polar surface area (TPSA) is 72.3 Å². The Morgan fingerprint density at radius 1 is 1.21 bits per heavy atom. The van der Waals surface area contributed by atoms with E-state index in [4.69, 9.17) is 4.74 Å². The van der Waals surface area contributed by atoms with Gasteiger partial charge in [-0.3, -0.25) is 4.79 Å². The van der Waals surface area contributed by atoms with Crippen molar-refractivity contribution < 1.29 is 9.53 Å².